The van der Waals surface area contributed by atoms with E-state index in [1.807, 2.05) is 13.0 Å². The highest BCUT2D eigenvalue weighted by molar-refractivity contribution is 6.05. The molecule has 1 N–H and O–H groups in total. The zero-order valence-electron chi connectivity index (χ0n) is 22.2. The molecule has 1 unspecified atom stereocenters. The van der Waals surface area contributed by atoms with E-state index < -0.39 is 11.6 Å². The fourth-order valence-corrected chi connectivity index (χ4v) is 5.76. The quantitative estimate of drug-likeness (QED) is 0.490. The Morgan fingerprint density at radius 1 is 1.11 bits per heavy atom. The molecule has 0 radical (unpaired) electrons. The van der Waals surface area contributed by atoms with Gasteiger partial charge in [-0.3, -0.25) is 9.89 Å². The minimum Gasteiger partial charge on any atom is -0.421 e. The van der Waals surface area contributed by atoms with Crippen molar-refractivity contribution in [2.75, 3.05) is 42.9 Å². The molecule has 200 valence electrons. The molecular formula is C29H34F2N6O. The van der Waals surface area contributed by atoms with Crippen molar-refractivity contribution >= 4 is 23.5 Å². The second-order valence-electron chi connectivity index (χ2n) is 10.7. The number of rotatable bonds is 8. The van der Waals surface area contributed by atoms with Crippen LogP contribution in [0.1, 0.15) is 51.2 Å². The summed E-state index contributed by atoms with van der Waals surface area (Å²) in [7, 11) is 0. The molecule has 0 amide bonds. The third kappa shape index (κ3) is 4.91. The Balaban J connectivity index is 1.30. The molecule has 2 aliphatic heterocycles. The van der Waals surface area contributed by atoms with Gasteiger partial charge >= 0.3 is 6.01 Å². The van der Waals surface area contributed by atoms with Crippen molar-refractivity contribution in [1.82, 2.24) is 14.9 Å². The summed E-state index contributed by atoms with van der Waals surface area (Å²) < 4.78 is 36.0. The van der Waals surface area contributed by atoms with Crippen LogP contribution in [0.5, 0.6) is 11.8 Å². The van der Waals surface area contributed by atoms with Crippen molar-refractivity contribution in [3.8, 4) is 11.8 Å². The Morgan fingerprint density at radius 2 is 1.92 bits per heavy atom. The maximum absolute atomic E-state index is 15.3. The molecule has 2 aromatic rings. The smallest absolute Gasteiger partial charge is 0.326 e. The van der Waals surface area contributed by atoms with Gasteiger partial charge in [0, 0.05) is 42.4 Å². The lowest BCUT2D eigenvalue weighted by Gasteiger charge is -2.26. The van der Waals surface area contributed by atoms with Crippen LogP contribution in [0.25, 0.3) is 6.08 Å². The summed E-state index contributed by atoms with van der Waals surface area (Å²) >= 11 is 0. The predicted octanol–water partition coefficient (Wildman–Crippen LogP) is 5.59. The first-order chi connectivity index (χ1) is 18.4. The molecule has 9 heteroatoms. The largest absolute Gasteiger partial charge is 0.421 e. The van der Waals surface area contributed by atoms with Crippen LogP contribution in [-0.2, 0) is 6.42 Å². The third-order valence-corrected chi connectivity index (χ3v) is 7.99. The highest BCUT2D eigenvalue weighted by Crippen LogP contribution is 2.38. The number of amidine groups is 1. The molecule has 2 fully saturated rings. The van der Waals surface area contributed by atoms with Crippen LogP contribution in [0.2, 0.25) is 0 Å². The molecule has 1 atom stereocenters. The molecule has 0 bridgehead atoms. The van der Waals surface area contributed by atoms with Crippen molar-refractivity contribution in [3.63, 3.8) is 0 Å². The van der Waals surface area contributed by atoms with Crippen molar-refractivity contribution < 1.29 is 13.5 Å². The standard InChI is InChI=1S/C29H34F2N6O/c1-4-36(5-2)20-8-9-37(16-20)27-14-26(33-25-12-19(15-32-25)18-6-7-18)34-29(35-27)38-24-13-23(30)21-10-17(3)11-22(21)28(24)31/h11-14,18,20H,4-10,15-16H2,1-3H3,(H,32,33,34,35). The third-order valence-electron chi connectivity index (χ3n) is 7.99. The number of benzene rings is 1. The van der Waals surface area contributed by atoms with Gasteiger partial charge in [0.2, 0.25) is 0 Å². The summed E-state index contributed by atoms with van der Waals surface area (Å²) in [5, 5.41) is 3.30. The van der Waals surface area contributed by atoms with E-state index in [1.165, 1.54) is 18.4 Å². The number of aliphatic imine (C=N–C) groups is 1. The van der Waals surface area contributed by atoms with Gasteiger partial charge in [0.25, 0.3) is 0 Å². The summed E-state index contributed by atoms with van der Waals surface area (Å²) in [5.41, 5.74) is 2.86. The lowest BCUT2D eigenvalue weighted by Crippen LogP contribution is -2.37. The van der Waals surface area contributed by atoms with E-state index in [4.69, 9.17) is 4.74 Å². The predicted molar refractivity (Wildman–Crippen MR) is 146 cm³/mol. The van der Waals surface area contributed by atoms with Gasteiger partial charge in [0.05, 0.1) is 6.54 Å². The summed E-state index contributed by atoms with van der Waals surface area (Å²) in [5.74, 6) is 1.30. The first-order valence-electron chi connectivity index (χ1n) is 13.7. The van der Waals surface area contributed by atoms with Crippen LogP contribution in [-0.4, -0.2) is 59.5 Å². The second-order valence-corrected chi connectivity index (χ2v) is 10.7. The maximum atomic E-state index is 15.3. The fraction of sp³-hybridized carbons (Fsp3) is 0.483. The van der Waals surface area contributed by atoms with Gasteiger partial charge in [-0.25, -0.2) is 8.78 Å². The average Bonchev–Trinajstić information content (AvgIpc) is 3.25. The molecule has 0 spiro atoms. The topological polar surface area (TPSA) is 65.9 Å². The minimum absolute atomic E-state index is 0.0294. The van der Waals surface area contributed by atoms with Gasteiger partial charge in [0.1, 0.15) is 23.3 Å². The number of nitrogens with one attached hydrogen (secondary N) is 1. The van der Waals surface area contributed by atoms with Crippen molar-refractivity contribution in [3.05, 3.63) is 52.1 Å². The van der Waals surface area contributed by atoms with Gasteiger partial charge in [-0.05, 0) is 63.3 Å². The Labute approximate surface area is 222 Å². The van der Waals surface area contributed by atoms with E-state index in [9.17, 15) is 4.39 Å². The monoisotopic (exact) mass is 520 g/mol. The number of anilines is 2. The number of allylic oxidation sites excluding steroid dienone is 1. The van der Waals surface area contributed by atoms with Crippen molar-refractivity contribution in [2.45, 2.75) is 52.5 Å². The number of fused-ring (bicyclic) bond motifs is 1. The van der Waals surface area contributed by atoms with Crippen LogP contribution >= 0.6 is 0 Å². The molecule has 4 aliphatic rings. The molecule has 1 saturated carbocycles. The molecule has 2 aliphatic carbocycles. The Hall–Kier alpha value is -3.33. The molecule has 1 aromatic heterocycles. The van der Waals surface area contributed by atoms with E-state index >= 15 is 4.39 Å². The van der Waals surface area contributed by atoms with Crippen LogP contribution in [0.4, 0.5) is 20.4 Å². The van der Waals surface area contributed by atoms with Gasteiger partial charge in [-0.15, -0.1) is 0 Å². The molecule has 1 saturated heterocycles. The number of ether oxygens (including phenoxy) is 1. The SMILES string of the molecule is CCN(CC)C1CCN(c2cc(NC3=NCC(C4CC4)=C3)nc(Oc3cc(F)c4c(c3F)C=C(C)C4)n2)C1. The zero-order valence-corrected chi connectivity index (χ0v) is 22.2. The van der Waals surface area contributed by atoms with Crippen LogP contribution < -0.4 is 15.0 Å². The fourth-order valence-electron chi connectivity index (χ4n) is 5.76. The van der Waals surface area contributed by atoms with Crippen molar-refractivity contribution in [1.29, 1.82) is 0 Å². The van der Waals surface area contributed by atoms with Gasteiger partial charge in [-0.1, -0.05) is 25.5 Å². The first kappa shape index (κ1) is 25.0. The number of hydrogen-bond acceptors (Lipinski definition) is 7. The molecule has 3 heterocycles. The number of aromatic nitrogens is 2. The summed E-state index contributed by atoms with van der Waals surface area (Å²) in [6, 6.07) is 3.39. The Kier molecular flexibility index (Phi) is 6.63. The first-order valence-corrected chi connectivity index (χ1v) is 13.7. The minimum atomic E-state index is -0.596. The normalized spacial score (nSPS) is 20.5. The second kappa shape index (κ2) is 10.1. The van der Waals surface area contributed by atoms with Gasteiger partial charge in [0.15, 0.2) is 11.6 Å². The van der Waals surface area contributed by atoms with Crippen LogP contribution in [0, 0.1) is 17.6 Å². The molecule has 1 aromatic carbocycles. The summed E-state index contributed by atoms with van der Waals surface area (Å²) in [4.78, 5) is 18.4. The summed E-state index contributed by atoms with van der Waals surface area (Å²) in [6.45, 7) is 10.6. The van der Waals surface area contributed by atoms with Crippen LogP contribution in [0.3, 0.4) is 0 Å². The number of nitrogens with zero attached hydrogens (tertiary/aromatic N) is 5. The number of hydrogen-bond donors (Lipinski definition) is 1. The van der Waals surface area contributed by atoms with E-state index in [0.29, 0.717) is 42.1 Å². The zero-order chi connectivity index (χ0) is 26.4. The highest BCUT2D eigenvalue weighted by atomic mass is 19.1. The van der Waals surface area contributed by atoms with Gasteiger partial charge in [-0.2, -0.15) is 9.97 Å². The lowest BCUT2D eigenvalue weighted by atomic mass is 10.1. The molecule has 7 nitrogen and oxygen atoms in total. The molecular weight excluding hydrogens is 486 g/mol. The number of halogens is 2. The van der Waals surface area contributed by atoms with E-state index in [0.717, 1.165) is 50.1 Å². The van der Waals surface area contributed by atoms with E-state index in [2.05, 4.69) is 50.0 Å². The molecule has 38 heavy (non-hydrogen) atoms. The van der Waals surface area contributed by atoms with Crippen LogP contribution in [0.15, 0.2) is 34.3 Å². The maximum Gasteiger partial charge on any atom is 0.326 e. The van der Waals surface area contributed by atoms with E-state index in [1.54, 1.807) is 6.08 Å². The Bertz CT molecular complexity index is 1350. The highest BCUT2D eigenvalue weighted by Gasteiger charge is 2.30. The Morgan fingerprint density at radius 3 is 2.68 bits per heavy atom. The average molecular weight is 521 g/mol. The lowest BCUT2D eigenvalue weighted by molar-refractivity contribution is 0.232. The van der Waals surface area contributed by atoms with Crippen molar-refractivity contribution in [2.24, 2.45) is 10.9 Å². The summed E-state index contributed by atoms with van der Waals surface area (Å²) in [6.07, 6.45) is 7.65. The van der Waals surface area contributed by atoms with Gasteiger partial charge < -0.3 is 15.0 Å². The van der Waals surface area contributed by atoms with E-state index in [-0.39, 0.29) is 17.3 Å². The molecule has 6 rings (SSSR count). The number of likely N-dealkylation sites (N-methyl/N-ethyl adjacent to an activating group) is 1.